The zero-order valence-electron chi connectivity index (χ0n) is 9.83. The molecular formula is C14H19NO. The van der Waals surface area contributed by atoms with Crippen LogP contribution in [-0.4, -0.2) is 6.61 Å². The van der Waals surface area contributed by atoms with Crippen LogP contribution >= 0.6 is 0 Å². The molecule has 16 heavy (non-hydrogen) atoms. The first-order chi connectivity index (χ1) is 7.62. The summed E-state index contributed by atoms with van der Waals surface area (Å²) in [7, 11) is 0. The fourth-order valence-electron chi connectivity index (χ4n) is 2.03. The summed E-state index contributed by atoms with van der Waals surface area (Å²) < 4.78 is 5.74. The highest BCUT2D eigenvalue weighted by Crippen LogP contribution is 2.42. The Bertz CT molecular complexity index is 393. The molecule has 1 aromatic carbocycles. The van der Waals surface area contributed by atoms with Gasteiger partial charge in [-0.15, -0.1) is 0 Å². The second kappa shape index (κ2) is 4.30. The minimum atomic E-state index is -0.161. The third kappa shape index (κ3) is 2.12. The van der Waals surface area contributed by atoms with Crippen LogP contribution in [0.1, 0.15) is 31.7 Å². The van der Waals surface area contributed by atoms with Crippen LogP contribution in [0.2, 0.25) is 0 Å². The third-order valence-electron chi connectivity index (χ3n) is 3.14. The second-order valence-electron chi connectivity index (χ2n) is 4.75. The molecule has 0 spiro atoms. The maximum Gasteiger partial charge on any atom is 0.124 e. The van der Waals surface area contributed by atoms with Gasteiger partial charge < -0.3 is 10.5 Å². The van der Waals surface area contributed by atoms with Gasteiger partial charge in [-0.25, -0.2) is 0 Å². The minimum Gasteiger partial charge on any atom is -0.489 e. The summed E-state index contributed by atoms with van der Waals surface area (Å²) in [5.74, 6) is 0.910. The van der Waals surface area contributed by atoms with Crippen LogP contribution in [0.5, 0.6) is 5.75 Å². The Morgan fingerprint density at radius 1 is 1.44 bits per heavy atom. The molecule has 0 radical (unpaired) electrons. The number of ether oxygens (including phenoxy) is 1. The molecule has 0 unspecified atom stereocenters. The zero-order chi connectivity index (χ0) is 11.6. The SMILES string of the molecule is C=C(C)COc1ccccc1C1(N)CCC1. The highest BCUT2D eigenvalue weighted by molar-refractivity contribution is 5.40. The quantitative estimate of drug-likeness (QED) is 0.787. The molecule has 86 valence electrons. The lowest BCUT2D eigenvalue weighted by Gasteiger charge is -2.39. The highest BCUT2D eigenvalue weighted by Gasteiger charge is 2.36. The molecule has 1 aliphatic carbocycles. The minimum absolute atomic E-state index is 0.161. The van der Waals surface area contributed by atoms with Crippen LogP contribution in [0.15, 0.2) is 36.4 Å². The maximum atomic E-state index is 6.33. The first kappa shape index (κ1) is 11.2. The molecular weight excluding hydrogens is 198 g/mol. The Hall–Kier alpha value is -1.28. The molecule has 2 rings (SSSR count). The molecule has 1 fully saturated rings. The van der Waals surface area contributed by atoms with Gasteiger partial charge in [-0.2, -0.15) is 0 Å². The molecule has 1 saturated carbocycles. The van der Waals surface area contributed by atoms with Gasteiger partial charge in [-0.1, -0.05) is 24.8 Å². The summed E-state index contributed by atoms with van der Waals surface area (Å²) >= 11 is 0. The van der Waals surface area contributed by atoms with Crippen molar-refractivity contribution in [3.05, 3.63) is 42.0 Å². The van der Waals surface area contributed by atoms with Crippen molar-refractivity contribution in [3.8, 4) is 5.75 Å². The van der Waals surface area contributed by atoms with Crippen molar-refractivity contribution in [3.63, 3.8) is 0 Å². The van der Waals surface area contributed by atoms with E-state index >= 15 is 0 Å². The predicted octanol–water partition coefficient (Wildman–Crippen LogP) is 2.98. The van der Waals surface area contributed by atoms with Gasteiger partial charge in [0.05, 0.1) is 0 Å². The van der Waals surface area contributed by atoms with Crippen molar-refractivity contribution in [2.24, 2.45) is 5.73 Å². The second-order valence-corrected chi connectivity index (χ2v) is 4.75. The molecule has 0 aliphatic heterocycles. The molecule has 0 bridgehead atoms. The lowest BCUT2D eigenvalue weighted by molar-refractivity contribution is 0.239. The van der Waals surface area contributed by atoms with Gasteiger partial charge in [0.15, 0.2) is 0 Å². The first-order valence-corrected chi connectivity index (χ1v) is 5.77. The van der Waals surface area contributed by atoms with Gasteiger partial charge in [0.25, 0.3) is 0 Å². The van der Waals surface area contributed by atoms with E-state index in [-0.39, 0.29) is 5.54 Å². The van der Waals surface area contributed by atoms with E-state index in [1.807, 2.05) is 25.1 Å². The van der Waals surface area contributed by atoms with Gasteiger partial charge in [0.2, 0.25) is 0 Å². The summed E-state index contributed by atoms with van der Waals surface area (Å²) in [5.41, 5.74) is 8.33. The van der Waals surface area contributed by atoms with Gasteiger partial charge in [-0.3, -0.25) is 0 Å². The number of hydrogen-bond donors (Lipinski definition) is 1. The Morgan fingerprint density at radius 2 is 2.12 bits per heavy atom. The van der Waals surface area contributed by atoms with E-state index in [4.69, 9.17) is 10.5 Å². The van der Waals surface area contributed by atoms with Crippen LogP contribution in [-0.2, 0) is 5.54 Å². The van der Waals surface area contributed by atoms with Gasteiger partial charge >= 0.3 is 0 Å². The van der Waals surface area contributed by atoms with Crippen molar-refractivity contribution in [1.82, 2.24) is 0 Å². The standard InChI is InChI=1S/C14H19NO/c1-11(2)10-16-13-7-4-3-6-12(13)14(15)8-5-9-14/h3-4,6-7H,1,5,8-10,15H2,2H3. The molecule has 2 N–H and O–H groups in total. The van der Waals surface area contributed by atoms with E-state index in [1.165, 1.54) is 6.42 Å². The average molecular weight is 217 g/mol. The van der Waals surface area contributed by atoms with Crippen molar-refractivity contribution >= 4 is 0 Å². The van der Waals surface area contributed by atoms with Crippen LogP contribution in [0.25, 0.3) is 0 Å². The molecule has 2 heteroatoms. The molecule has 1 aliphatic rings. The van der Waals surface area contributed by atoms with E-state index in [0.29, 0.717) is 6.61 Å². The predicted molar refractivity (Wildman–Crippen MR) is 66.5 cm³/mol. The molecule has 2 nitrogen and oxygen atoms in total. The Morgan fingerprint density at radius 3 is 2.69 bits per heavy atom. The van der Waals surface area contributed by atoms with Crippen molar-refractivity contribution in [1.29, 1.82) is 0 Å². The van der Waals surface area contributed by atoms with E-state index in [2.05, 4.69) is 12.6 Å². The number of hydrogen-bond acceptors (Lipinski definition) is 2. The summed E-state index contributed by atoms with van der Waals surface area (Å²) in [6.07, 6.45) is 3.33. The molecule has 0 atom stereocenters. The molecule has 0 heterocycles. The van der Waals surface area contributed by atoms with Crippen molar-refractivity contribution < 1.29 is 4.74 Å². The van der Waals surface area contributed by atoms with Crippen LogP contribution in [0.3, 0.4) is 0 Å². The number of para-hydroxylation sites is 1. The van der Waals surface area contributed by atoms with Crippen LogP contribution < -0.4 is 10.5 Å². The average Bonchev–Trinajstić information content (AvgIpc) is 2.23. The van der Waals surface area contributed by atoms with Crippen molar-refractivity contribution in [2.75, 3.05) is 6.61 Å². The molecule has 0 aromatic heterocycles. The Labute approximate surface area is 97.1 Å². The van der Waals surface area contributed by atoms with Crippen molar-refractivity contribution in [2.45, 2.75) is 31.7 Å². The smallest absolute Gasteiger partial charge is 0.124 e. The Kier molecular flexibility index (Phi) is 3.01. The summed E-state index contributed by atoms with van der Waals surface area (Å²) in [5, 5.41) is 0. The normalized spacial score (nSPS) is 17.6. The third-order valence-corrected chi connectivity index (χ3v) is 3.14. The fraction of sp³-hybridized carbons (Fsp3) is 0.429. The largest absolute Gasteiger partial charge is 0.489 e. The topological polar surface area (TPSA) is 35.2 Å². The van der Waals surface area contributed by atoms with E-state index in [1.54, 1.807) is 0 Å². The number of rotatable bonds is 4. The van der Waals surface area contributed by atoms with Gasteiger partial charge in [0.1, 0.15) is 12.4 Å². The summed E-state index contributed by atoms with van der Waals surface area (Å²) in [4.78, 5) is 0. The lowest BCUT2D eigenvalue weighted by Crippen LogP contribution is -2.43. The fourth-order valence-corrected chi connectivity index (χ4v) is 2.03. The van der Waals surface area contributed by atoms with Crippen LogP contribution in [0, 0.1) is 0 Å². The Balaban J connectivity index is 2.20. The van der Waals surface area contributed by atoms with E-state index in [9.17, 15) is 0 Å². The zero-order valence-corrected chi connectivity index (χ0v) is 9.83. The van der Waals surface area contributed by atoms with Gasteiger partial charge in [0, 0.05) is 11.1 Å². The molecule has 1 aromatic rings. The van der Waals surface area contributed by atoms with Crippen LogP contribution in [0.4, 0.5) is 0 Å². The maximum absolute atomic E-state index is 6.33. The van der Waals surface area contributed by atoms with E-state index in [0.717, 1.165) is 29.7 Å². The summed E-state index contributed by atoms with van der Waals surface area (Å²) in [6, 6.07) is 8.08. The van der Waals surface area contributed by atoms with Gasteiger partial charge in [-0.05, 0) is 37.8 Å². The molecule has 0 amide bonds. The first-order valence-electron chi connectivity index (χ1n) is 5.77. The molecule has 0 saturated heterocycles. The lowest BCUT2D eigenvalue weighted by atomic mass is 9.72. The highest BCUT2D eigenvalue weighted by atomic mass is 16.5. The van der Waals surface area contributed by atoms with E-state index < -0.39 is 0 Å². The monoisotopic (exact) mass is 217 g/mol. The number of benzene rings is 1. The number of nitrogens with two attached hydrogens (primary N) is 1. The summed E-state index contributed by atoms with van der Waals surface area (Å²) in [6.45, 7) is 6.37.